The van der Waals surface area contributed by atoms with Gasteiger partial charge in [-0.15, -0.1) is 0 Å². The molecule has 90 valence electrons. The lowest BCUT2D eigenvalue weighted by Crippen LogP contribution is -2.13. The van der Waals surface area contributed by atoms with Crippen LogP contribution < -0.4 is 0 Å². The molecule has 0 aromatic carbocycles. The number of nitrogens with zero attached hydrogens (tertiary/aromatic N) is 2. The number of halogens is 1. The molecule has 1 aromatic rings. The monoisotopic (exact) mass is 262 g/mol. The van der Waals surface area contributed by atoms with Crippen LogP contribution in [0, 0.1) is 0 Å². The maximum Gasteiger partial charge on any atom is 0.295 e. The zero-order chi connectivity index (χ0) is 11.9. The molecule has 0 N–H and O–H groups in total. The molecule has 2 rings (SSSR count). The van der Waals surface area contributed by atoms with Gasteiger partial charge in [0.1, 0.15) is 0 Å². The normalized spacial score (nSPS) is 16.5. The second kappa shape index (κ2) is 4.04. The van der Waals surface area contributed by atoms with Crippen molar-refractivity contribution in [1.29, 1.82) is 0 Å². The van der Waals surface area contributed by atoms with Crippen molar-refractivity contribution in [3.05, 3.63) is 11.4 Å². The van der Waals surface area contributed by atoms with E-state index in [0.717, 1.165) is 37.1 Å². The summed E-state index contributed by atoms with van der Waals surface area (Å²) in [7, 11) is 1.67. The first kappa shape index (κ1) is 11.9. The summed E-state index contributed by atoms with van der Waals surface area (Å²) in [5, 5.41) is 0.0102. The molecule has 1 aromatic heterocycles. The molecule has 0 saturated heterocycles. The predicted octanol–water partition coefficient (Wildman–Crippen LogP) is 2.27. The average molecular weight is 263 g/mol. The summed E-state index contributed by atoms with van der Waals surface area (Å²) in [6.07, 6.45) is 3.92. The lowest BCUT2D eigenvalue weighted by Gasteiger charge is -2.17. The molecule has 4 nitrogen and oxygen atoms in total. The lowest BCUT2D eigenvalue weighted by atomic mass is 10.0. The van der Waals surface area contributed by atoms with Crippen molar-refractivity contribution in [2.24, 2.45) is 0 Å². The average Bonchev–Trinajstić information content (AvgIpc) is 2.55. The Labute approximate surface area is 100 Å². The van der Waals surface area contributed by atoms with Crippen LogP contribution in [-0.4, -0.2) is 18.0 Å². The Kier molecular flexibility index (Phi) is 3.01. The summed E-state index contributed by atoms with van der Waals surface area (Å²) in [5.41, 5.74) is 1.94. The maximum absolute atomic E-state index is 11.5. The van der Waals surface area contributed by atoms with Crippen LogP contribution in [0.15, 0.2) is 5.16 Å². The van der Waals surface area contributed by atoms with Crippen LogP contribution in [0.5, 0.6) is 0 Å². The number of hydrogen-bond acceptors (Lipinski definition) is 3. The van der Waals surface area contributed by atoms with Crippen LogP contribution in [0.1, 0.15) is 44.1 Å². The molecule has 0 saturated carbocycles. The molecule has 6 heteroatoms. The second-order valence-corrected chi connectivity index (χ2v) is 6.86. The summed E-state index contributed by atoms with van der Waals surface area (Å²) in [4.78, 5) is 4.19. The van der Waals surface area contributed by atoms with E-state index in [-0.39, 0.29) is 11.2 Å². The molecule has 0 spiro atoms. The van der Waals surface area contributed by atoms with E-state index in [1.165, 1.54) is 0 Å². The van der Waals surface area contributed by atoms with Gasteiger partial charge in [0.15, 0.2) is 0 Å². The van der Waals surface area contributed by atoms with Crippen LogP contribution >= 0.6 is 10.7 Å². The van der Waals surface area contributed by atoms with Gasteiger partial charge in [0.25, 0.3) is 9.05 Å². The zero-order valence-electron chi connectivity index (χ0n) is 9.40. The molecule has 0 radical (unpaired) electrons. The van der Waals surface area contributed by atoms with E-state index in [2.05, 4.69) is 4.98 Å². The van der Waals surface area contributed by atoms with E-state index in [1.807, 2.05) is 13.8 Å². The van der Waals surface area contributed by atoms with Crippen LogP contribution in [-0.2, 0) is 21.9 Å². The number of fused-ring (bicyclic) bond motifs is 1. The van der Waals surface area contributed by atoms with Crippen molar-refractivity contribution in [1.82, 2.24) is 9.55 Å². The van der Waals surface area contributed by atoms with Gasteiger partial charge in [-0.1, -0.05) is 0 Å². The maximum atomic E-state index is 11.5. The Morgan fingerprint density at radius 1 is 1.31 bits per heavy atom. The molecule has 1 aliphatic carbocycles. The number of aryl methyl sites for hydroxylation is 1. The highest BCUT2D eigenvalue weighted by atomic mass is 35.7. The summed E-state index contributed by atoms with van der Waals surface area (Å²) in [5.74, 6) is 0. The van der Waals surface area contributed by atoms with Gasteiger partial charge in [-0.05, 0) is 39.5 Å². The first-order chi connectivity index (χ1) is 7.41. The van der Waals surface area contributed by atoms with E-state index in [1.54, 1.807) is 4.57 Å². The predicted molar refractivity (Wildman–Crippen MR) is 62.3 cm³/mol. The number of hydrogen-bond donors (Lipinski definition) is 0. The molecule has 16 heavy (non-hydrogen) atoms. The third-order valence-electron chi connectivity index (χ3n) is 2.87. The lowest BCUT2D eigenvalue weighted by molar-refractivity contribution is 0.501. The summed E-state index contributed by atoms with van der Waals surface area (Å²) in [6.45, 7) is 3.89. The molecule has 0 fully saturated rings. The fourth-order valence-electron chi connectivity index (χ4n) is 2.24. The minimum absolute atomic E-state index is 0.0102. The number of imidazole rings is 1. The van der Waals surface area contributed by atoms with Crippen LogP contribution in [0.3, 0.4) is 0 Å². The number of aromatic nitrogens is 2. The van der Waals surface area contributed by atoms with Crippen LogP contribution in [0.25, 0.3) is 0 Å². The molecule has 0 atom stereocenters. The SMILES string of the molecule is CC(C)n1c(S(=O)(=O)Cl)nc2c1CCCC2. The van der Waals surface area contributed by atoms with Crippen molar-refractivity contribution >= 4 is 19.7 Å². The fourth-order valence-corrected chi connectivity index (χ4v) is 3.34. The Morgan fingerprint density at radius 3 is 2.50 bits per heavy atom. The largest absolute Gasteiger partial charge is 0.315 e. The highest BCUT2D eigenvalue weighted by Crippen LogP contribution is 2.28. The molecular formula is C10H15ClN2O2S. The van der Waals surface area contributed by atoms with Gasteiger partial charge in [0.05, 0.1) is 5.69 Å². The van der Waals surface area contributed by atoms with Crippen molar-refractivity contribution < 1.29 is 8.42 Å². The molecule has 1 aliphatic rings. The third-order valence-corrected chi connectivity index (χ3v) is 4.01. The third kappa shape index (κ3) is 1.98. The van der Waals surface area contributed by atoms with Gasteiger partial charge < -0.3 is 4.57 Å². The van der Waals surface area contributed by atoms with Crippen molar-refractivity contribution in [3.63, 3.8) is 0 Å². The minimum Gasteiger partial charge on any atom is -0.315 e. The summed E-state index contributed by atoms with van der Waals surface area (Å²) >= 11 is 0. The van der Waals surface area contributed by atoms with Gasteiger partial charge in [0, 0.05) is 22.4 Å². The molecule has 0 bridgehead atoms. The number of rotatable bonds is 2. The Hall–Kier alpha value is -0.550. The molecule has 0 amide bonds. The van der Waals surface area contributed by atoms with Gasteiger partial charge in [-0.3, -0.25) is 0 Å². The standard InChI is InChI=1S/C10H15ClN2O2S/c1-7(2)13-9-6-4-3-5-8(9)12-10(13)16(11,14)15/h7H,3-6H2,1-2H3. The van der Waals surface area contributed by atoms with E-state index in [9.17, 15) is 8.42 Å². The van der Waals surface area contributed by atoms with Gasteiger partial charge in [-0.25, -0.2) is 13.4 Å². The van der Waals surface area contributed by atoms with E-state index in [0.29, 0.717) is 0 Å². The summed E-state index contributed by atoms with van der Waals surface area (Å²) < 4.78 is 24.7. The fraction of sp³-hybridized carbons (Fsp3) is 0.700. The second-order valence-electron chi connectivity index (χ2n) is 4.40. The molecular weight excluding hydrogens is 248 g/mol. The Balaban J connectivity index is 2.66. The summed E-state index contributed by atoms with van der Waals surface area (Å²) in [6, 6.07) is 0.0675. The molecule has 1 heterocycles. The molecule has 0 aliphatic heterocycles. The van der Waals surface area contributed by atoms with Crippen LogP contribution in [0.2, 0.25) is 0 Å². The highest BCUT2D eigenvalue weighted by Gasteiger charge is 2.27. The minimum atomic E-state index is -3.75. The quantitative estimate of drug-likeness (QED) is 0.769. The Morgan fingerprint density at radius 2 is 1.94 bits per heavy atom. The van der Waals surface area contributed by atoms with Gasteiger partial charge >= 0.3 is 0 Å². The van der Waals surface area contributed by atoms with Crippen molar-refractivity contribution in [3.8, 4) is 0 Å². The van der Waals surface area contributed by atoms with Crippen molar-refractivity contribution in [2.45, 2.75) is 50.7 Å². The van der Waals surface area contributed by atoms with Gasteiger partial charge in [0.2, 0.25) is 5.16 Å². The van der Waals surface area contributed by atoms with E-state index < -0.39 is 9.05 Å². The zero-order valence-corrected chi connectivity index (χ0v) is 11.0. The molecule has 0 unspecified atom stereocenters. The highest BCUT2D eigenvalue weighted by molar-refractivity contribution is 8.13. The van der Waals surface area contributed by atoms with Gasteiger partial charge in [-0.2, -0.15) is 0 Å². The van der Waals surface area contributed by atoms with Crippen molar-refractivity contribution in [2.75, 3.05) is 0 Å². The van der Waals surface area contributed by atoms with Crippen LogP contribution in [0.4, 0.5) is 0 Å². The van der Waals surface area contributed by atoms with E-state index in [4.69, 9.17) is 10.7 Å². The first-order valence-electron chi connectivity index (χ1n) is 5.46. The first-order valence-corrected chi connectivity index (χ1v) is 7.77. The smallest absolute Gasteiger partial charge is 0.295 e. The topological polar surface area (TPSA) is 52.0 Å². The van der Waals surface area contributed by atoms with E-state index >= 15 is 0 Å². The Bertz CT molecular complexity index is 505.